The molecule has 8 aromatic rings. The number of hydrogen-bond donors (Lipinski definition) is 4. The smallest absolute Gasteiger partial charge is 0.260 e. The Kier molecular flexibility index (Phi) is 12.8. The quantitative estimate of drug-likeness (QED) is 0.123. The second kappa shape index (κ2) is 19.6. The van der Waals surface area contributed by atoms with Crippen LogP contribution in [-0.4, -0.2) is 108 Å². The molecule has 0 saturated carbocycles. The van der Waals surface area contributed by atoms with Gasteiger partial charge in [0.2, 0.25) is 5.91 Å². The molecule has 2 saturated heterocycles. The molecule has 0 radical (unpaired) electrons. The number of rotatable bonds is 10. The summed E-state index contributed by atoms with van der Waals surface area (Å²) in [7, 11) is 0. The number of nitrogens with zero attached hydrogens (tertiary/aromatic N) is 6. The van der Waals surface area contributed by atoms with Gasteiger partial charge in [-0.2, -0.15) is 0 Å². The molecule has 2 aromatic carbocycles. The van der Waals surface area contributed by atoms with Crippen LogP contribution in [0.3, 0.4) is 0 Å². The topological polar surface area (TPSA) is 191 Å². The van der Waals surface area contributed by atoms with Crippen molar-refractivity contribution in [3.8, 4) is 22.5 Å². The number of nitrogens with one attached hydrogen (secondary N) is 4. The second-order valence-corrected chi connectivity index (χ2v) is 15.5. The molecule has 0 bridgehead atoms. The van der Waals surface area contributed by atoms with Crippen LogP contribution in [0.1, 0.15) is 33.6 Å². The Morgan fingerprint density at radius 3 is 1.73 bits per heavy atom. The Hall–Kier alpha value is -7.59. The summed E-state index contributed by atoms with van der Waals surface area (Å²) in [6.07, 6.45) is 14.7. The van der Waals surface area contributed by atoms with Gasteiger partial charge in [-0.1, -0.05) is 60.7 Å². The zero-order chi connectivity index (χ0) is 43.7. The van der Waals surface area contributed by atoms with Crippen molar-refractivity contribution in [3.05, 3.63) is 164 Å². The van der Waals surface area contributed by atoms with Gasteiger partial charge >= 0.3 is 0 Å². The molecule has 10 rings (SSSR count). The molecule has 2 aliphatic heterocycles. The largest absolute Gasteiger partial charge is 0.379 e. The first-order chi connectivity index (χ1) is 31.4. The minimum Gasteiger partial charge on any atom is -0.379 e. The Labute approximate surface area is 367 Å². The van der Waals surface area contributed by atoms with Crippen molar-refractivity contribution in [1.82, 2.24) is 49.7 Å². The van der Waals surface area contributed by atoms with Crippen LogP contribution in [-0.2, 0) is 27.2 Å². The summed E-state index contributed by atoms with van der Waals surface area (Å²) in [5, 5.41) is 1.07. The fraction of sp³-hybridized carbons (Fsp3) is 0.204. The van der Waals surface area contributed by atoms with Crippen LogP contribution in [0.5, 0.6) is 0 Å². The third-order valence-corrected chi connectivity index (χ3v) is 11.1. The highest BCUT2D eigenvalue weighted by atomic mass is 16.5. The second-order valence-electron chi connectivity index (χ2n) is 15.5. The predicted molar refractivity (Wildman–Crippen MR) is 248 cm³/mol. The van der Waals surface area contributed by atoms with Gasteiger partial charge in [0.1, 0.15) is 11.3 Å². The Bertz CT molecular complexity index is 3060. The minimum absolute atomic E-state index is 0.136. The van der Waals surface area contributed by atoms with Gasteiger partial charge in [-0.15, -0.1) is 0 Å². The van der Waals surface area contributed by atoms with Crippen LogP contribution < -0.4 is 11.1 Å². The van der Waals surface area contributed by atoms with E-state index in [1.165, 1.54) is 18.2 Å². The van der Waals surface area contributed by atoms with Crippen molar-refractivity contribution in [2.45, 2.75) is 13.0 Å². The molecule has 2 fully saturated rings. The summed E-state index contributed by atoms with van der Waals surface area (Å²) in [5.41, 5.74) is 10.4. The zero-order valence-electron chi connectivity index (χ0n) is 35.0. The fourth-order valence-electron chi connectivity index (χ4n) is 7.65. The fourth-order valence-corrected chi connectivity index (χ4v) is 7.65. The molecule has 15 nitrogen and oxygen atoms in total. The lowest BCUT2D eigenvalue weighted by Gasteiger charge is -2.26. The number of ether oxygens (including phenoxy) is 2. The molecule has 8 heterocycles. The number of carbonyl (C=O) groups is 1. The molecular weight excluding hydrogens is 809 g/mol. The molecule has 64 heavy (non-hydrogen) atoms. The number of morpholine rings is 2. The minimum atomic E-state index is -0.174. The van der Waals surface area contributed by atoms with Gasteiger partial charge in [0, 0.05) is 67.6 Å². The molecule has 1 amide bonds. The van der Waals surface area contributed by atoms with Crippen LogP contribution in [0.2, 0.25) is 0 Å². The van der Waals surface area contributed by atoms with Crippen molar-refractivity contribution < 1.29 is 14.3 Å². The number of pyridine rings is 2. The Morgan fingerprint density at radius 1 is 0.594 bits per heavy atom. The van der Waals surface area contributed by atoms with Crippen LogP contribution in [0.4, 0.5) is 0 Å². The maximum Gasteiger partial charge on any atom is 0.260 e. The number of fused-ring (bicyclic) bond motifs is 2. The first kappa shape index (κ1) is 41.7. The molecule has 6 aromatic heterocycles. The number of aromatic amines is 4. The van der Waals surface area contributed by atoms with Crippen LogP contribution in [0.25, 0.3) is 68.9 Å². The van der Waals surface area contributed by atoms with E-state index in [1.807, 2.05) is 77.7 Å². The first-order valence-corrected chi connectivity index (χ1v) is 21.2. The third-order valence-electron chi connectivity index (χ3n) is 11.1. The molecule has 2 aliphatic rings. The molecule has 0 spiro atoms. The summed E-state index contributed by atoms with van der Waals surface area (Å²) in [6.45, 7) is 7.06. The van der Waals surface area contributed by atoms with Crippen LogP contribution in [0, 0.1) is 0 Å². The molecule has 0 atom stereocenters. The van der Waals surface area contributed by atoms with Gasteiger partial charge < -0.3 is 34.3 Å². The first-order valence-electron chi connectivity index (χ1n) is 21.2. The predicted octanol–water partition coefficient (Wildman–Crippen LogP) is 6.20. The molecule has 0 unspecified atom stereocenters. The van der Waals surface area contributed by atoms with Gasteiger partial charge in [0.05, 0.1) is 67.7 Å². The number of H-pyrrole nitrogens is 4. The lowest BCUT2D eigenvalue weighted by molar-refractivity contribution is -0.134. The van der Waals surface area contributed by atoms with Crippen molar-refractivity contribution >= 4 is 52.3 Å². The number of hydrogen-bond acceptors (Lipinski definition) is 10. The van der Waals surface area contributed by atoms with E-state index in [1.54, 1.807) is 18.5 Å². The summed E-state index contributed by atoms with van der Waals surface area (Å²) in [5.74, 6) is 0.136. The number of amides is 1. The van der Waals surface area contributed by atoms with Gasteiger partial charge in [0.25, 0.3) is 11.1 Å². The summed E-state index contributed by atoms with van der Waals surface area (Å²) in [4.78, 5) is 69.4. The number of carbonyl (C=O) groups excluding carboxylic acids is 1. The lowest BCUT2D eigenvalue weighted by Crippen LogP contribution is -2.41. The highest BCUT2D eigenvalue weighted by molar-refractivity contribution is 5.84. The van der Waals surface area contributed by atoms with E-state index in [0.29, 0.717) is 54.8 Å². The van der Waals surface area contributed by atoms with E-state index in [2.05, 4.69) is 75.1 Å². The molecule has 322 valence electrons. The number of aromatic nitrogens is 8. The molecule has 4 N–H and O–H groups in total. The third kappa shape index (κ3) is 10.4. The molecular formula is C49H46N10O5. The summed E-state index contributed by atoms with van der Waals surface area (Å²) in [6, 6.07) is 27.9. The van der Waals surface area contributed by atoms with E-state index in [-0.39, 0.29) is 17.0 Å². The van der Waals surface area contributed by atoms with E-state index in [4.69, 9.17) is 9.47 Å². The average molecular weight is 855 g/mol. The van der Waals surface area contributed by atoms with Gasteiger partial charge in [-0.25, -0.2) is 9.97 Å². The van der Waals surface area contributed by atoms with Gasteiger partial charge in [0.15, 0.2) is 0 Å². The maximum atomic E-state index is 12.4. The van der Waals surface area contributed by atoms with E-state index < -0.39 is 0 Å². The number of benzene rings is 2. The summed E-state index contributed by atoms with van der Waals surface area (Å²) >= 11 is 0. The van der Waals surface area contributed by atoms with Crippen molar-refractivity contribution in [1.29, 1.82) is 0 Å². The standard InChI is InChI=1S/C25H23N5O3.C24H23N5O2/c31-23(30-9-11-33-12-10-30)13-18-3-1-17(2-4-18)5-6-20-14-19(7-8-26-20)22-15-21-24(29-22)27-16-28-25(21)32;30-24-21-14-22(28-23(21)26-16-27-24)19-6-7-25-20(13-19)5-4-17-2-1-3-18(12-17)15-29-8-10-31-11-9-29/h1-8,14-16H,9-13H2,(H2,27,28,29,32);1-7,12-14,16H,8-11,15H2,(H2,26,27,28,30). The zero-order valence-corrected chi connectivity index (χ0v) is 35.0. The monoisotopic (exact) mass is 854 g/mol. The highest BCUT2D eigenvalue weighted by Gasteiger charge is 2.17. The van der Waals surface area contributed by atoms with Crippen molar-refractivity contribution in [3.63, 3.8) is 0 Å². The normalized spacial score (nSPS) is 14.7. The van der Waals surface area contributed by atoms with E-state index >= 15 is 0 Å². The lowest BCUT2D eigenvalue weighted by atomic mass is 10.1. The maximum absolute atomic E-state index is 12.4. The van der Waals surface area contributed by atoms with E-state index in [0.717, 1.165) is 83.4 Å². The Balaban J connectivity index is 0.000000162. The van der Waals surface area contributed by atoms with Crippen molar-refractivity contribution in [2.75, 3.05) is 52.6 Å². The molecule has 0 aliphatic carbocycles. The van der Waals surface area contributed by atoms with E-state index in [9.17, 15) is 14.4 Å². The van der Waals surface area contributed by atoms with Crippen molar-refractivity contribution in [2.24, 2.45) is 0 Å². The average Bonchev–Trinajstić information content (AvgIpc) is 3.99. The van der Waals surface area contributed by atoms with Crippen LogP contribution in [0.15, 0.2) is 120 Å². The SMILES string of the molecule is O=C(Cc1ccc(C=Cc2cc(-c3cc4c(=O)[nH]cnc4[nH]3)ccn2)cc1)N1CCOCC1.O=c1[nH]cnc2[nH]c(-c3ccnc(C=Cc4cccc(CN5CCOCC5)c4)c3)cc12. The van der Waals surface area contributed by atoms with Gasteiger partial charge in [-0.05, 0) is 70.8 Å². The summed E-state index contributed by atoms with van der Waals surface area (Å²) < 4.78 is 10.7. The Morgan fingerprint density at radius 2 is 1.16 bits per heavy atom. The molecule has 15 heteroatoms. The van der Waals surface area contributed by atoms with Gasteiger partial charge in [-0.3, -0.25) is 29.3 Å². The highest BCUT2D eigenvalue weighted by Crippen LogP contribution is 2.24. The van der Waals surface area contributed by atoms with Crippen LogP contribution >= 0.6 is 0 Å².